The van der Waals surface area contributed by atoms with E-state index in [1.165, 1.54) is 199 Å². The topological polar surface area (TPSA) is 95.9 Å². The Balaban J connectivity index is 3.53. The number of unbranched alkanes of at least 4 members (excludes halogenated alkanes) is 36. The average Bonchev–Trinajstić information content (AvgIpc) is 3.25. The van der Waals surface area contributed by atoms with Gasteiger partial charge in [0.05, 0.1) is 25.4 Å². The Labute approximate surface area is 373 Å². The Morgan fingerprint density at radius 3 is 1.20 bits per heavy atom. The van der Waals surface area contributed by atoms with Crippen LogP contribution in [0, 0.1) is 0 Å². The van der Waals surface area contributed by atoms with E-state index in [4.69, 9.17) is 4.74 Å². The highest BCUT2D eigenvalue weighted by molar-refractivity contribution is 5.76. The van der Waals surface area contributed by atoms with Crippen molar-refractivity contribution < 1.29 is 24.5 Å². The van der Waals surface area contributed by atoms with Crippen molar-refractivity contribution in [1.29, 1.82) is 0 Å². The van der Waals surface area contributed by atoms with Crippen LogP contribution >= 0.6 is 0 Å². The van der Waals surface area contributed by atoms with E-state index in [0.717, 1.165) is 57.8 Å². The monoisotopic (exact) mass is 846 g/mol. The molecule has 0 rings (SSSR count). The lowest BCUT2D eigenvalue weighted by Gasteiger charge is -2.20. The molecule has 0 aromatic heterocycles. The Bertz CT molecular complexity index is 935. The maximum absolute atomic E-state index is 12.4. The molecule has 0 fully saturated rings. The lowest BCUT2D eigenvalue weighted by atomic mass is 10.0. The second-order valence-corrected chi connectivity index (χ2v) is 18.2. The van der Waals surface area contributed by atoms with Crippen molar-refractivity contribution in [3.05, 3.63) is 24.3 Å². The summed E-state index contributed by atoms with van der Waals surface area (Å²) in [6.07, 6.45) is 58.9. The normalized spacial score (nSPS) is 12.8. The molecule has 0 radical (unpaired) electrons. The van der Waals surface area contributed by atoms with Gasteiger partial charge < -0.3 is 20.3 Å². The van der Waals surface area contributed by atoms with Crippen LogP contribution in [0.5, 0.6) is 0 Å². The van der Waals surface area contributed by atoms with E-state index in [0.29, 0.717) is 19.4 Å². The molecule has 6 nitrogen and oxygen atoms in total. The molecule has 0 aromatic carbocycles. The number of hydrogen-bond acceptors (Lipinski definition) is 5. The van der Waals surface area contributed by atoms with Crippen molar-refractivity contribution in [2.24, 2.45) is 0 Å². The van der Waals surface area contributed by atoms with Gasteiger partial charge in [0, 0.05) is 12.8 Å². The van der Waals surface area contributed by atoms with Gasteiger partial charge in [0.15, 0.2) is 0 Å². The summed E-state index contributed by atoms with van der Waals surface area (Å²) >= 11 is 0. The zero-order chi connectivity index (χ0) is 43.7. The molecular formula is C54H103NO5. The smallest absolute Gasteiger partial charge is 0.305 e. The first-order chi connectivity index (χ1) is 29.5. The van der Waals surface area contributed by atoms with E-state index < -0.39 is 12.1 Å². The maximum Gasteiger partial charge on any atom is 0.305 e. The third-order valence-corrected chi connectivity index (χ3v) is 12.2. The van der Waals surface area contributed by atoms with Crippen LogP contribution in [0.15, 0.2) is 24.3 Å². The van der Waals surface area contributed by atoms with Crippen molar-refractivity contribution in [3.8, 4) is 0 Å². The van der Waals surface area contributed by atoms with E-state index in [1.54, 1.807) is 6.08 Å². The summed E-state index contributed by atoms with van der Waals surface area (Å²) in [7, 11) is 0. The molecule has 2 atom stereocenters. The number of aliphatic hydroxyl groups is 2. The summed E-state index contributed by atoms with van der Waals surface area (Å²) in [5, 5.41) is 23.1. The summed E-state index contributed by atoms with van der Waals surface area (Å²) in [6, 6.07) is -0.645. The predicted molar refractivity (Wildman–Crippen MR) is 260 cm³/mol. The second-order valence-electron chi connectivity index (χ2n) is 18.2. The third-order valence-electron chi connectivity index (χ3n) is 12.2. The SMILES string of the molecule is CCCCCC/C=C\CCCCCCCC(=O)OCCCCCCCCCCCCC(=O)NC(CO)C(O)/C=C/CCCCCCCCCCCCCCCCCCCC. The molecular weight excluding hydrogens is 743 g/mol. The van der Waals surface area contributed by atoms with Crippen molar-refractivity contribution in [1.82, 2.24) is 5.32 Å². The first kappa shape index (κ1) is 58.3. The van der Waals surface area contributed by atoms with E-state index in [-0.39, 0.29) is 18.5 Å². The van der Waals surface area contributed by atoms with Gasteiger partial charge in [-0.15, -0.1) is 0 Å². The van der Waals surface area contributed by atoms with Gasteiger partial charge in [0.2, 0.25) is 5.91 Å². The first-order valence-electron chi connectivity index (χ1n) is 26.6. The van der Waals surface area contributed by atoms with Crippen LogP contribution in [0.3, 0.4) is 0 Å². The summed E-state index contributed by atoms with van der Waals surface area (Å²) in [5.41, 5.74) is 0. The van der Waals surface area contributed by atoms with Crippen LogP contribution in [0.4, 0.5) is 0 Å². The summed E-state index contributed by atoms with van der Waals surface area (Å²) in [5.74, 6) is -0.119. The Morgan fingerprint density at radius 2 is 0.783 bits per heavy atom. The first-order valence-corrected chi connectivity index (χ1v) is 26.6. The minimum absolute atomic E-state index is 0.0299. The fourth-order valence-electron chi connectivity index (χ4n) is 8.10. The van der Waals surface area contributed by atoms with Gasteiger partial charge in [-0.25, -0.2) is 0 Å². The number of allylic oxidation sites excluding steroid dienone is 3. The van der Waals surface area contributed by atoms with Gasteiger partial charge in [-0.3, -0.25) is 9.59 Å². The van der Waals surface area contributed by atoms with Gasteiger partial charge in [-0.05, 0) is 57.8 Å². The van der Waals surface area contributed by atoms with Crippen LogP contribution < -0.4 is 5.32 Å². The maximum atomic E-state index is 12.4. The summed E-state index contributed by atoms with van der Waals surface area (Å²) in [4.78, 5) is 24.5. The standard InChI is InChI=1S/C54H103NO5/c1-3-5-7-9-11-13-15-17-18-19-20-21-22-23-25-26-30-34-38-42-46-52(57)51(50-56)55-53(58)47-43-39-35-31-28-29-33-37-41-45-49-60-54(59)48-44-40-36-32-27-24-16-14-12-10-8-6-4-2/h14,16,42,46,51-52,56-57H,3-13,15,17-41,43-45,47-50H2,1-2H3,(H,55,58)/b16-14-,46-42+. The number of carbonyl (C=O) groups is 2. The zero-order valence-corrected chi connectivity index (χ0v) is 40.2. The number of ether oxygens (including phenoxy) is 1. The lowest BCUT2D eigenvalue weighted by molar-refractivity contribution is -0.143. The molecule has 0 saturated heterocycles. The fraction of sp³-hybridized carbons (Fsp3) is 0.889. The number of amides is 1. The van der Waals surface area contributed by atoms with Crippen LogP contribution in [-0.2, 0) is 14.3 Å². The molecule has 354 valence electrons. The molecule has 0 aliphatic heterocycles. The Hall–Kier alpha value is -1.66. The molecule has 3 N–H and O–H groups in total. The quantitative estimate of drug-likeness (QED) is 0.0322. The van der Waals surface area contributed by atoms with Gasteiger partial charge in [-0.1, -0.05) is 237 Å². The molecule has 0 saturated carbocycles. The molecule has 1 amide bonds. The number of nitrogens with one attached hydrogen (secondary N) is 1. The number of aliphatic hydroxyl groups excluding tert-OH is 2. The van der Waals surface area contributed by atoms with Crippen molar-refractivity contribution in [2.45, 2.75) is 296 Å². The molecule has 6 heteroatoms. The summed E-state index contributed by atoms with van der Waals surface area (Å²) < 4.78 is 5.44. The number of esters is 1. The van der Waals surface area contributed by atoms with Gasteiger partial charge >= 0.3 is 5.97 Å². The highest BCUT2D eigenvalue weighted by atomic mass is 16.5. The number of carbonyl (C=O) groups excluding carboxylic acids is 2. The third kappa shape index (κ3) is 45.9. The average molecular weight is 846 g/mol. The molecule has 0 aliphatic carbocycles. The molecule has 60 heavy (non-hydrogen) atoms. The minimum Gasteiger partial charge on any atom is -0.466 e. The predicted octanol–water partition coefficient (Wildman–Crippen LogP) is 15.9. The highest BCUT2D eigenvalue weighted by Crippen LogP contribution is 2.16. The fourth-order valence-corrected chi connectivity index (χ4v) is 8.10. The number of rotatable bonds is 49. The molecule has 0 bridgehead atoms. The highest BCUT2D eigenvalue weighted by Gasteiger charge is 2.18. The second kappa shape index (κ2) is 50.0. The van der Waals surface area contributed by atoms with Crippen LogP contribution in [0.25, 0.3) is 0 Å². The van der Waals surface area contributed by atoms with E-state index in [9.17, 15) is 19.8 Å². The lowest BCUT2D eigenvalue weighted by Crippen LogP contribution is -2.45. The van der Waals surface area contributed by atoms with E-state index >= 15 is 0 Å². The summed E-state index contributed by atoms with van der Waals surface area (Å²) in [6.45, 7) is 4.84. The molecule has 0 aromatic rings. The van der Waals surface area contributed by atoms with Crippen LogP contribution in [0.2, 0.25) is 0 Å². The van der Waals surface area contributed by atoms with Gasteiger partial charge in [0.1, 0.15) is 0 Å². The molecule has 0 aliphatic rings. The Kier molecular flexibility index (Phi) is 48.6. The molecule has 0 spiro atoms. The van der Waals surface area contributed by atoms with E-state index in [2.05, 4.69) is 31.3 Å². The number of hydrogen-bond donors (Lipinski definition) is 3. The minimum atomic E-state index is -0.859. The zero-order valence-electron chi connectivity index (χ0n) is 40.2. The van der Waals surface area contributed by atoms with Crippen molar-refractivity contribution in [3.63, 3.8) is 0 Å². The largest absolute Gasteiger partial charge is 0.466 e. The molecule has 2 unspecified atom stereocenters. The van der Waals surface area contributed by atoms with Gasteiger partial charge in [0.25, 0.3) is 0 Å². The van der Waals surface area contributed by atoms with Crippen LogP contribution in [0.1, 0.15) is 284 Å². The van der Waals surface area contributed by atoms with Crippen molar-refractivity contribution >= 4 is 11.9 Å². The van der Waals surface area contributed by atoms with Crippen molar-refractivity contribution in [2.75, 3.05) is 13.2 Å². The molecule has 0 heterocycles. The van der Waals surface area contributed by atoms with Crippen LogP contribution in [-0.4, -0.2) is 47.4 Å². The van der Waals surface area contributed by atoms with E-state index in [1.807, 2.05) is 6.08 Å². The Morgan fingerprint density at radius 1 is 0.450 bits per heavy atom. The van der Waals surface area contributed by atoms with Gasteiger partial charge in [-0.2, -0.15) is 0 Å².